The van der Waals surface area contributed by atoms with E-state index in [1.54, 1.807) is 6.92 Å². The van der Waals surface area contributed by atoms with E-state index in [0.717, 1.165) is 0 Å². The molecule has 0 fully saturated rings. The van der Waals surface area contributed by atoms with Crippen molar-refractivity contribution in [1.29, 1.82) is 0 Å². The second-order valence-corrected chi connectivity index (χ2v) is 3.37. The summed E-state index contributed by atoms with van der Waals surface area (Å²) in [7, 11) is 0. The number of nitro benzene ring substituents is 1. The van der Waals surface area contributed by atoms with E-state index in [2.05, 4.69) is 15.9 Å². The van der Waals surface area contributed by atoms with Crippen LogP contribution in [0.4, 0.5) is 5.69 Å². The Kier molecular flexibility index (Phi) is 3.35. The minimum atomic E-state index is -0.477. The van der Waals surface area contributed by atoms with Crippen molar-refractivity contribution in [2.45, 2.75) is 6.92 Å². The van der Waals surface area contributed by atoms with E-state index in [-0.39, 0.29) is 16.8 Å². The van der Waals surface area contributed by atoms with Gasteiger partial charge in [0.25, 0.3) is 5.69 Å². The first-order valence-electron chi connectivity index (χ1n) is 3.90. The quantitative estimate of drug-likeness (QED) is 0.362. The number of aryl methyl sites for hydroxylation is 1. The molecule has 14 heavy (non-hydrogen) atoms. The Balaban J connectivity index is 3.14. The van der Waals surface area contributed by atoms with Crippen molar-refractivity contribution in [2.24, 2.45) is 0 Å². The van der Waals surface area contributed by atoms with Crippen molar-refractivity contribution in [1.82, 2.24) is 0 Å². The van der Waals surface area contributed by atoms with Gasteiger partial charge in [0.05, 0.1) is 10.3 Å². The Morgan fingerprint density at radius 1 is 1.57 bits per heavy atom. The third-order valence-corrected chi connectivity index (χ3v) is 2.35. The molecule has 0 radical (unpaired) electrons. The molecule has 1 rings (SSSR count). The van der Waals surface area contributed by atoms with Gasteiger partial charge < -0.3 is 0 Å². The van der Waals surface area contributed by atoms with E-state index in [0.29, 0.717) is 11.1 Å². The predicted octanol–water partition coefficient (Wildman–Crippen LogP) is 2.48. The molecule has 0 aliphatic rings. The Bertz CT molecular complexity index is 390. The van der Waals surface area contributed by atoms with Crippen molar-refractivity contribution in [2.75, 3.05) is 5.33 Å². The molecule has 1 aromatic rings. The summed E-state index contributed by atoms with van der Waals surface area (Å²) in [6.45, 7) is 1.68. The smallest absolute Gasteiger partial charge is 0.269 e. The minimum Gasteiger partial charge on any atom is -0.293 e. The van der Waals surface area contributed by atoms with E-state index in [1.165, 1.54) is 18.2 Å². The lowest BCUT2D eigenvalue weighted by molar-refractivity contribution is -0.384. The summed E-state index contributed by atoms with van der Waals surface area (Å²) in [6, 6.07) is 4.22. The van der Waals surface area contributed by atoms with Gasteiger partial charge in [0.2, 0.25) is 0 Å². The van der Waals surface area contributed by atoms with Crippen LogP contribution in [-0.4, -0.2) is 16.0 Å². The molecule has 0 amide bonds. The van der Waals surface area contributed by atoms with Crippen molar-refractivity contribution >= 4 is 27.4 Å². The predicted molar refractivity (Wildman–Crippen MR) is 56.0 cm³/mol. The summed E-state index contributed by atoms with van der Waals surface area (Å²) in [5, 5.41) is 10.6. The highest BCUT2D eigenvalue weighted by Crippen LogP contribution is 2.17. The van der Waals surface area contributed by atoms with Crippen molar-refractivity contribution in [3.05, 3.63) is 39.4 Å². The number of Topliss-reactive ketones (excluding diaryl/α,β-unsaturated/α-hetero) is 1. The van der Waals surface area contributed by atoms with Gasteiger partial charge in [0, 0.05) is 17.7 Å². The van der Waals surface area contributed by atoms with Crippen LogP contribution in [0.5, 0.6) is 0 Å². The molecule has 0 aromatic heterocycles. The van der Waals surface area contributed by atoms with Gasteiger partial charge in [-0.25, -0.2) is 0 Å². The fraction of sp³-hybridized carbons (Fsp3) is 0.222. The first-order chi connectivity index (χ1) is 6.56. The van der Waals surface area contributed by atoms with Crippen LogP contribution < -0.4 is 0 Å². The van der Waals surface area contributed by atoms with E-state index < -0.39 is 4.92 Å². The van der Waals surface area contributed by atoms with Gasteiger partial charge in [0.15, 0.2) is 5.78 Å². The average Bonchev–Trinajstić information content (AvgIpc) is 2.16. The van der Waals surface area contributed by atoms with Gasteiger partial charge in [0.1, 0.15) is 0 Å². The lowest BCUT2D eigenvalue weighted by Gasteiger charge is -2.01. The van der Waals surface area contributed by atoms with Crippen molar-refractivity contribution in [3.63, 3.8) is 0 Å². The molecule has 74 valence electrons. The number of hydrogen-bond acceptors (Lipinski definition) is 3. The van der Waals surface area contributed by atoms with Crippen LogP contribution in [0.1, 0.15) is 15.9 Å². The van der Waals surface area contributed by atoms with Gasteiger partial charge in [-0.1, -0.05) is 15.9 Å². The van der Waals surface area contributed by atoms with E-state index >= 15 is 0 Å². The highest BCUT2D eigenvalue weighted by molar-refractivity contribution is 9.09. The Morgan fingerprint density at radius 3 is 2.64 bits per heavy atom. The largest absolute Gasteiger partial charge is 0.293 e. The van der Waals surface area contributed by atoms with Crippen LogP contribution in [0.3, 0.4) is 0 Å². The van der Waals surface area contributed by atoms with Crippen LogP contribution in [0.25, 0.3) is 0 Å². The first-order valence-corrected chi connectivity index (χ1v) is 5.02. The number of ketones is 1. The summed E-state index contributed by atoms with van der Waals surface area (Å²) in [6.07, 6.45) is 0. The SMILES string of the molecule is Cc1cc([N+](=O)[O-])ccc1C(=O)CBr. The number of nitrogens with zero attached hydrogens (tertiary/aromatic N) is 1. The number of halogens is 1. The normalized spacial score (nSPS) is 9.86. The zero-order chi connectivity index (χ0) is 10.7. The molecule has 5 heteroatoms. The number of alkyl halides is 1. The number of hydrogen-bond donors (Lipinski definition) is 0. The number of non-ortho nitro benzene ring substituents is 1. The lowest BCUT2D eigenvalue weighted by Crippen LogP contribution is -2.03. The topological polar surface area (TPSA) is 60.2 Å². The number of carbonyl (C=O) groups is 1. The standard InChI is InChI=1S/C9H8BrNO3/c1-6-4-7(11(13)14)2-3-8(6)9(12)5-10/h2-4H,5H2,1H3. The molecule has 0 N–H and O–H groups in total. The summed E-state index contributed by atoms with van der Waals surface area (Å²) in [4.78, 5) is 21.2. The average molecular weight is 258 g/mol. The Hall–Kier alpha value is -1.23. The van der Waals surface area contributed by atoms with Crippen LogP contribution in [0.2, 0.25) is 0 Å². The highest BCUT2D eigenvalue weighted by atomic mass is 79.9. The van der Waals surface area contributed by atoms with Gasteiger partial charge in [-0.05, 0) is 18.6 Å². The van der Waals surface area contributed by atoms with E-state index in [9.17, 15) is 14.9 Å². The second kappa shape index (κ2) is 4.32. The summed E-state index contributed by atoms with van der Waals surface area (Å²) < 4.78 is 0. The summed E-state index contributed by atoms with van der Waals surface area (Å²) >= 11 is 3.05. The van der Waals surface area contributed by atoms with Crippen LogP contribution in [0.15, 0.2) is 18.2 Å². The molecular formula is C9H8BrNO3. The molecule has 0 unspecified atom stereocenters. The number of benzene rings is 1. The van der Waals surface area contributed by atoms with Gasteiger partial charge in [-0.15, -0.1) is 0 Å². The van der Waals surface area contributed by atoms with E-state index in [1.807, 2.05) is 0 Å². The van der Waals surface area contributed by atoms with Gasteiger partial charge in [-0.3, -0.25) is 14.9 Å². The maximum atomic E-state index is 11.3. The maximum absolute atomic E-state index is 11.3. The maximum Gasteiger partial charge on any atom is 0.269 e. The molecule has 4 nitrogen and oxygen atoms in total. The number of rotatable bonds is 3. The zero-order valence-corrected chi connectivity index (χ0v) is 9.08. The monoisotopic (exact) mass is 257 g/mol. The molecule has 0 aliphatic carbocycles. The molecule has 0 saturated heterocycles. The number of nitro groups is 1. The second-order valence-electron chi connectivity index (χ2n) is 2.81. The molecular weight excluding hydrogens is 250 g/mol. The third kappa shape index (κ3) is 2.17. The molecule has 0 atom stereocenters. The van der Waals surface area contributed by atoms with Crippen LogP contribution in [0, 0.1) is 17.0 Å². The third-order valence-electron chi connectivity index (χ3n) is 1.84. The fourth-order valence-corrected chi connectivity index (χ4v) is 1.45. The first kappa shape index (κ1) is 10.8. The van der Waals surface area contributed by atoms with Crippen LogP contribution >= 0.6 is 15.9 Å². The van der Waals surface area contributed by atoms with Gasteiger partial charge in [-0.2, -0.15) is 0 Å². The molecule has 0 spiro atoms. The molecule has 0 saturated carbocycles. The Morgan fingerprint density at radius 2 is 2.21 bits per heavy atom. The van der Waals surface area contributed by atoms with Crippen LogP contribution in [-0.2, 0) is 0 Å². The molecule has 0 aliphatic heterocycles. The lowest BCUT2D eigenvalue weighted by atomic mass is 10.1. The van der Waals surface area contributed by atoms with Crippen molar-refractivity contribution in [3.8, 4) is 0 Å². The summed E-state index contributed by atoms with van der Waals surface area (Å²) in [5.74, 6) is -0.0719. The molecule has 0 bridgehead atoms. The minimum absolute atomic E-state index is 0.00798. The van der Waals surface area contributed by atoms with Crippen molar-refractivity contribution < 1.29 is 9.72 Å². The zero-order valence-electron chi connectivity index (χ0n) is 7.49. The summed E-state index contributed by atoms with van der Waals surface area (Å²) in [5.41, 5.74) is 1.16. The Labute approximate surface area is 89.2 Å². The van der Waals surface area contributed by atoms with Gasteiger partial charge >= 0.3 is 0 Å². The van der Waals surface area contributed by atoms with E-state index in [4.69, 9.17) is 0 Å². The number of carbonyl (C=O) groups excluding carboxylic acids is 1. The molecule has 1 aromatic carbocycles. The highest BCUT2D eigenvalue weighted by Gasteiger charge is 2.11. The molecule has 0 heterocycles. The fourth-order valence-electron chi connectivity index (χ4n) is 1.15.